The van der Waals surface area contributed by atoms with Crippen molar-refractivity contribution in [2.24, 2.45) is 50.7 Å². The maximum Gasteiger partial charge on any atom is 0.302 e. The molecule has 53 heavy (non-hydrogen) atoms. The second-order valence-corrected chi connectivity index (χ2v) is 19.8. The van der Waals surface area contributed by atoms with Gasteiger partial charge in [0.1, 0.15) is 11.9 Å². The molecule has 1 aromatic heterocycles. The minimum Gasteiger partial charge on any atom is -0.462 e. The van der Waals surface area contributed by atoms with Crippen LogP contribution in [0.1, 0.15) is 132 Å². The molecule has 5 aliphatic carbocycles. The molecule has 1 amide bonds. The number of aromatic amines is 1. The van der Waals surface area contributed by atoms with E-state index in [2.05, 4.69) is 70.5 Å². The zero-order valence-corrected chi connectivity index (χ0v) is 33.6. The minimum absolute atomic E-state index is 0.00291. The predicted octanol–water partition coefficient (Wildman–Crippen LogP) is 9.52. The van der Waals surface area contributed by atoms with Crippen LogP contribution in [-0.2, 0) is 25.5 Å². The third-order valence-electron chi connectivity index (χ3n) is 16.9. The summed E-state index contributed by atoms with van der Waals surface area (Å²) in [6.07, 6.45) is 13.1. The Balaban J connectivity index is 1.10. The van der Waals surface area contributed by atoms with Gasteiger partial charge in [0.05, 0.1) is 17.3 Å². The van der Waals surface area contributed by atoms with Crippen molar-refractivity contribution >= 4 is 17.7 Å². The van der Waals surface area contributed by atoms with Crippen LogP contribution in [0.2, 0.25) is 0 Å². The van der Waals surface area contributed by atoms with E-state index in [-0.39, 0.29) is 63.3 Å². The summed E-state index contributed by atoms with van der Waals surface area (Å²) in [5.41, 5.74) is 3.78. The van der Waals surface area contributed by atoms with E-state index in [4.69, 9.17) is 9.72 Å². The highest BCUT2D eigenvalue weighted by Crippen LogP contribution is 2.77. The van der Waals surface area contributed by atoms with E-state index in [9.17, 15) is 9.59 Å². The Kier molecular flexibility index (Phi) is 8.78. The number of rotatable bonds is 6. The molecule has 286 valence electrons. The van der Waals surface area contributed by atoms with Crippen LogP contribution in [-0.4, -0.2) is 51.2 Å². The number of nitrogens with zero attached hydrogens (tertiary/aromatic N) is 2. The summed E-state index contributed by atoms with van der Waals surface area (Å²) in [6.45, 7) is 19.1. The van der Waals surface area contributed by atoms with Gasteiger partial charge in [0.15, 0.2) is 5.78 Å². The van der Waals surface area contributed by atoms with Crippen LogP contribution in [0, 0.1) is 50.7 Å². The molecule has 0 unspecified atom stereocenters. The monoisotopic (exact) mass is 721 g/mol. The van der Waals surface area contributed by atoms with Gasteiger partial charge in [-0.25, -0.2) is 4.98 Å². The van der Waals surface area contributed by atoms with Crippen LogP contribution >= 0.6 is 0 Å². The lowest BCUT2D eigenvalue weighted by atomic mass is 9.33. The van der Waals surface area contributed by atoms with Gasteiger partial charge in [-0.2, -0.15) is 0 Å². The lowest BCUT2D eigenvalue weighted by Crippen LogP contribution is -2.66. The molecule has 5 fully saturated rings. The lowest BCUT2D eigenvalue weighted by molar-refractivity contribution is -0.232. The van der Waals surface area contributed by atoms with Crippen molar-refractivity contribution in [3.63, 3.8) is 0 Å². The van der Waals surface area contributed by atoms with Gasteiger partial charge in [-0.3, -0.25) is 14.4 Å². The molecule has 0 spiro atoms. The number of likely N-dealkylation sites (tertiary alicyclic amines) is 1. The molecule has 2 heterocycles. The van der Waals surface area contributed by atoms with Gasteiger partial charge < -0.3 is 14.6 Å². The van der Waals surface area contributed by atoms with E-state index >= 15 is 4.79 Å². The number of amides is 1. The SMILES string of the molecule is CC(=O)O[C@H]1CC[C@]2(C)[C@H]3CC[C@@H]4C5=C(C(C)C)C(=O)C[C@]5(C(=O)N5CCC[C@H]5Cc5ncc(-c6ccccc6)[nH]5)CC[C@@]4(C)[C@]3(C)CC[C@H]2C1(C)C. The zero-order valence-electron chi connectivity index (χ0n) is 33.6. The molecule has 6 aliphatic rings. The van der Waals surface area contributed by atoms with Crippen LogP contribution in [0.25, 0.3) is 11.3 Å². The Morgan fingerprint density at radius 3 is 2.40 bits per heavy atom. The Labute approximate surface area is 317 Å². The van der Waals surface area contributed by atoms with Gasteiger partial charge in [-0.05, 0) is 121 Å². The summed E-state index contributed by atoms with van der Waals surface area (Å²) < 4.78 is 5.98. The first-order valence-electron chi connectivity index (χ1n) is 20.9. The number of esters is 1. The van der Waals surface area contributed by atoms with E-state index in [0.717, 1.165) is 93.4 Å². The maximum atomic E-state index is 15.4. The molecular formula is C46H63N3O4. The molecule has 7 heteroatoms. The highest BCUT2D eigenvalue weighted by atomic mass is 16.5. The second-order valence-electron chi connectivity index (χ2n) is 19.8. The highest BCUT2D eigenvalue weighted by Gasteiger charge is 2.71. The third-order valence-corrected chi connectivity index (χ3v) is 16.9. The van der Waals surface area contributed by atoms with Gasteiger partial charge in [0.25, 0.3) is 0 Å². The van der Waals surface area contributed by atoms with Crippen molar-refractivity contribution < 1.29 is 19.1 Å². The van der Waals surface area contributed by atoms with Crippen LogP contribution in [0.5, 0.6) is 0 Å². The normalized spacial score (nSPS) is 39.0. The Hall–Kier alpha value is -3.22. The van der Waals surface area contributed by atoms with Crippen molar-refractivity contribution in [3.05, 3.63) is 53.5 Å². The number of carbonyl (C=O) groups excluding carboxylic acids is 3. The van der Waals surface area contributed by atoms with Gasteiger partial charge in [-0.1, -0.05) is 78.8 Å². The first-order chi connectivity index (χ1) is 25.1. The number of carbonyl (C=O) groups is 3. The fourth-order valence-electron chi connectivity index (χ4n) is 14.3. The van der Waals surface area contributed by atoms with Gasteiger partial charge in [0.2, 0.25) is 5.91 Å². The summed E-state index contributed by atoms with van der Waals surface area (Å²) in [5.74, 6) is 2.55. The first-order valence-corrected chi connectivity index (χ1v) is 20.9. The Morgan fingerprint density at radius 2 is 1.68 bits per heavy atom. The second kappa shape index (κ2) is 12.7. The number of hydrogen-bond acceptors (Lipinski definition) is 5. The number of ketones is 1. The number of hydrogen-bond donors (Lipinski definition) is 1. The fourth-order valence-corrected chi connectivity index (χ4v) is 14.3. The number of aromatic nitrogens is 2. The van der Waals surface area contributed by atoms with Gasteiger partial charge in [-0.15, -0.1) is 0 Å². The van der Waals surface area contributed by atoms with E-state index in [1.165, 1.54) is 5.57 Å². The smallest absolute Gasteiger partial charge is 0.302 e. The number of imidazole rings is 1. The Bertz CT molecular complexity index is 1830. The molecule has 7 nitrogen and oxygen atoms in total. The number of benzene rings is 1. The number of H-pyrrole nitrogens is 1. The maximum absolute atomic E-state index is 15.4. The number of nitrogens with one attached hydrogen (secondary N) is 1. The average molecular weight is 722 g/mol. The van der Waals surface area contributed by atoms with Gasteiger partial charge in [0, 0.05) is 37.8 Å². The average Bonchev–Trinajstić information content (AvgIpc) is 3.84. The molecule has 1 aliphatic heterocycles. The van der Waals surface area contributed by atoms with Crippen molar-refractivity contribution in [2.45, 2.75) is 145 Å². The van der Waals surface area contributed by atoms with Crippen LogP contribution < -0.4 is 0 Å². The number of ether oxygens (including phenoxy) is 1. The fraction of sp³-hybridized carbons (Fsp3) is 0.696. The first kappa shape index (κ1) is 36.7. The third kappa shape index (κ3) is 5.31. The van der Waals surface area contributed by atoms with E-state index in [1.54, 1.807) is 6.92 Å². The minimum atomic E-state index is -0.726. The summed E-state index contributed by atoms with van der Waals surface area (Å²) in [5, 5.41) is 0. The molecule has 8 rings (SSSR count). The van der Waals surface area contributed by atoms with E-state index < -0.39 is 5.41 Å². The van der Waals surface area contributed by atoms with E-state index in [0.29, 0.717) is 24.7 Å². The molecule has 2 aromatic rings. The highest BCUT2D eigenvalue weighted by molar-refractivity contribution is 6.07. The molecule has 1 N–H and O–H groups in total. The summed E-state index contributed by atoms with van der Waals surface area (Å²) >= 11 is 0. The quantitative estimate of drug-likeness (QED) is 0.300. The van der Waals surface area contributed by atoms with Crippen molar-refractivity contribution in [1.82, 2.24) is 14.9 Å². The summed E-state index contributed by atoms with van der Waals surface area (Å²) in [4.78, 5) is 52.3. The predicted molar refractivity (Wildman–Crippen MR) is 207 cm³/mol. The number of Topliss-reactive ketones (excluding diaryl/α,β-unsaturated/α-hetero) is 1. The molecule has 9 atom stereocenters. The van der Waals surface area contributed by atoms with Crippen LogP contribution in [0.3, 0.4) is 0 Å². The van der Waals surface area contributed by atoms with Crippen LogP contribution in [0.4, 0.5) is 0 Å². The van der Waals surface area contributed by atoms with Crippen molar-refractivity contribution in [1.29, 1.82) is 0 Å². The topological polar surface area (TPSA) is 92.4 Å². The zero-order chi connectivity index (χ0) is 37.7. The molecular weight excluding hydrogens is 659 g/mol. The summed E-state index contributed by atoms with van der Waals surface area (Å²) in [7, 11) is 0. The van der Waals surface area contributed by atoms with Crippen LogP contribution in [0.15, 0.2) is 47.7 Å². The summed E-state index contributed by atoms with van der Waals surface area (Å²) in [6, 6.07) is 10.4. The van der Waals surface area contributed by atoms with Crippen molar-refractivity contribution in [3.8, 4) is 11.3 Å². The standard InChI is InChI=1S/C46H63N3O4/c1-28(2)39-34(51)26-46(41(52)49-24-12-15-31(49)25-38-47-27-33(48-38)30-13-10-9-11-14-30)23-22-44(7)32(40(39)46)16-17-36-43(6)20-19-37(53-29(3)50)42(4,5)35(43)18-21-45(36,44)8/h9-11,13-14,27-28,31-32,35-37H,12,15-26H2,1-8H3,(H,47,48)/t31-,32+,35-,36+,37-,43-,44+,45+,46+/m0/s1. The number of allylic oxidation sites excluding steroid dienone is 1. The largest absolute Gasteiger partial charge is 0.462 e. The molecule has 1 saturated heterocycles. The number of fused-ring (bicyclic) bond motifs is 7. The Morgan fingerprint density at radius 1 is 0.925 bits per heavy atom. The lowest BCUT2D eigenvalue weighted by Gasteiger charge is -2.72. The molecule has 0 radical (unpaired) electrons. The molecule has 1 aromatic carbocycles. The molecule has 0 bridgehead atoms. The van der Waals surface area contributed by atoms with E-state index in [1.807, 2.05) is 24.4 Å². The molecule has 4 saturated carbocycles. The van der Waals surface area contributed by atoms with Gasteiger partial charge >= 0.3 is 5.97 Å². The van der Waals surface area contributed by atoms with Crippen molar-refractivity contribution in [2.75, 3.05) is 6.54 Å².